The standard InChI is InChI=1S/C26H15F4N7O/c27-17-3-1-2-14(6-17)19-11-32-12-20-22(19)35-25(34-20)23-18-7-16(10-33-24(18)37-36-23)15-4-13(8-31-9-15)5-21(38)26(28,29)30/h1-4,6-12H,5H2,(H,34,35)(H,33,36,37). The Labute approximate surface area is 210 Å². The number of pyridine rings is 3. The molecule has 38 heavy (non-hydrogen) atoms. The van der Waals surface area contributed by atoms with Gasteiger partial charge >= 0.3 is 6.18 Å². The molecule has 188 valence electrons. The summed E-state index contributed by atoms with van der Waals surface area (Å²) in [6, 6.07) is 9.35. The van der Waals surface area contributed by atoms with Gasteiger partial charge in [0.25, 0.3) is 0 Å². The first-order valence-electron chi connectivity index (χ1n) is 11.2. The molecule has 0 unspecified atom stereocenters. The predicted molar refractivity (Wildman–Crippen MR) is 130 cm³/mol. The normalized spacial score (nSPS) is 11.9. The van der Waals surface area contributed by atoms with E-state index in [4.69, 9.17) is 4.98 Å². The van der Waals surface area contributed by atoms with Crippen LogP contribution < -0.4 is 0 Å². The summed E-state index contributed by atoms with van der Waals surface area (Å²) in [5.41, 5.74) is 4.56. The fraction of sp³-hybridized carbons (Fsp3) is 0.0769. The molecule has 6 rings (SSSR count). The highest BCUT2D eigenvalue weighted by atomic mass is 19.4. The molecule has 2 N–H and O–H groups in total. The van der Waals surface area contributed by atoms with E-state index in [1.807, 2.05) is 0 Å². The molecule has 0 aliphatic carbocycles. The van der Waals surface area contributed by atoms with Crippen LogP contribution in [0.4, 0.5) is 17.6 Å². The second-order valence-corrected chi connectivity index (χ2v) is 8.55. The maximum absolute atomic E-state index is 13.8. The molecule has 1 aromatic carbocycles. The number of ketones is 1. The van der Waals surface area contributed by atoms with E-state index in [0.29, 0.717) is 55.8 Å². The van der Waals surface area contributed by atoms with Crippen molar-refractivity contribution in [3.05, 3.63) is 78.8 Å². The van der Waals surface area contributed by atoms with E-state index in [1.54, 1.807) is 30.6 Å². The van der Waals surface area contributed by atoms with Crippen LogP contribution in [0.15, 0.2) is 67.4 Å². The SMILES string of the molecule is O=C(Cc1cncc(-c2cnc3n[nH]c(-c4nc5c(-c6cccc(F)c6)cncc5[nH]4)c3c2)c1)C(F)(F)F. The lowest BCUT2D eigenvalue weighted by atomic mass is 10.0. The molecule has 0 aliphatic rings. The number of fused-ring (bicyclic) bond motifs is 2. The van der Waals surface area contributed by atoms with E-state index >= 15 is 0 Å². The summed E-state index contributed by atoms with van der Waals surface area (Å²) in [4.78, 5) is 31.9. The zero-order valence-corrected chi connectivity index (χ0v) is 19.2. The highest BCUT2D eigenvalue weighted by molar-refractivity contribution is 5.96. The summed E-state index contributed by atoms with van der Waals surface area (Å²) in [5, 5.41) is 7.75. The van der Waals surface area contributed by atoms with Crippen LogP contribution in [-0.4, -0.2) is 47.1 Å². The number of aromatic amines is 2. The molecule has 0 saturated heterocycles. The van der Waals surface area contributed by atoms with Crippen LogP contribution in [0.25, 0.3) is 55.8 Å². The summed E-state index contributed by atoms with van der Waals surface area (Å²) in [6.07, 6.45) is 1.70. The van der Waals surface area contributed by atoms with Crippen LogP contribution in [0.3, 0.4) is 0 Å². The number of nitrogens with zero attached hydrogens (tertiary/aromatic N) is 5. The van der Waals surface area contributed by atoms with Crippen molar-refractivity contribution < 1.29 is 22.4 Å². The van der Waals surface area contributed by atoms with Gasteiger partial charge in [-0.15, -0.1) is 0 Å². The average molecular weight is 517 g/mol. The first kappa shape index (κ1) is 23.4. The summed E-state index contributed by atoms with van der Waals surface area (Å²) in [7, 11) is 0. The number of halogens is 4. The average Bonchev–Trinajstić information content (AvgIpc) is 3.52. The number of carbonyl (C=O) groups is 1. The molecule has 0 fully saturated rings. The zero-order valence-electron chi connectivity index (χ0n) is 19.2. The van der Waals surface area contributed by atoms with Crippen LogP contribution >= 0.6 is 0 Å². The van der Waals surface area contributed by atoms with Gasteiger partial charge in [-0.2, -0.15) is 18.3 Å². The van der Waals surface area contributed by atoms with Crippen molar-refractivity contribution in [2.45, 2.75) is 12.6 Å². The second-order valence-electron chi connectivity index (χ2n) is 8.55. The molecule has 0 saturated carbocycles. The van der Waals surface area contributed by atoms with Gasteiger partial charge in [0.05, 0.1) is 22.6 Å². The van der Waals surface area contributed by atoms with E-state index < -0.39 is 18.4 Å². The van der Waals surface area contributed by atoms with Gasteiger partial charge < -0.3 is 4.98 Å². The fourth-order valence-electron chi connectivity index (χ4n) is 4.18. The molecule has 5 heterocycles. The van der Waals surface area contributed by atoms with Crippen molar-refractivity contribution in [3.63, 3.8) is 0 Å². The topological polar surface area (TPSA) is 113 Å². The number of nitrogens with one attached hydrogen (secondary N) is 2. The molecule has 5 aromatic heterocycles. The van der Waals surface area contributed by atoms with Crippen molar-refractivity contribution in [2.75, 3.05) is 0 Å². The molecule has 0 aliphatic heterocycles. The van der Waals surface area contributed by atoms with Gasteiger partial charge in [0.15, 0.2) is 11.5 Å². The summed E-state index contributed by atoms with van der Waals surface area (Å²) in [6.45, 7) is 0. The molecule has 12 heteroatoms. The van der Waals surface area contributed by atoms with E-state index in [-0.39, 0.29) is 11.4 Å². The molecule has 0 radical (unpaired) electrons. The molecule has 0 atom stereocenters. The Morgan fingerprint density at radius 1 is 0.921 bits per heavy atom. The summed E-state index contributed by atoms with van der Waals surface area (Å²) in [5.74, 6) is -1.79. The van der Waals surface area contributed by atoms with Crippen molar-refractivity contribution in [1.82, 2.24) is 35.1 Å². The maximum Gasteiger partial charge on any atom is 0.450 e. The lowest BCUT2D eigenvalue weighted by molar-refractivity contribution is -0.170. The number of hydrogen-bond donors (Lipinski definition) is 2. The van der Waals surface area contributed by atoms with Crippen LogP contribution in [0.1, 0.15) is 5.56 Å². The van der Waals surface area contributed by atoms with Gasteiger partial charge in [0.1, 0.15) is 11.5 Å². The van der Waals surface area contributed by atoms with Crippen molar-refractivity contribution in [1.29, 1.82) is 0 Å². The number of alkyl halides is 3. The van der Waals surface area contributed by atoms with E-state index in [2.05, 4.69) is 30.1 Å². The Bertz CT molecular complexity index is 1840. The third-order valence-corrected chi connectivity index (χ3v) is 5.99. The van der Waals surface area contributed by atoms with Crippen LogP contribution in [0, 0.1) is 5.82 Å². The van der Waals surface area contributed by atoms with E-state index in [1.165, 1.54) is 36.8 Å². The number of hydrogen-bond acceptors (Lipinski definition) is 6. The molecule has 0 amide bonds. The number of aromatic nitrogens is 7. The van der Waals surface area contributed by atoms with Gasteiger partial charge in [-0.05, 0) is 35.4 Å². The summed E-state index contributed by atoms with van der Waals surface area (Å²) < 4.78 is 51.9. The predicted octanol–water partition coefficient (Wildman–Crippen LogP) is 5.44. The minimum absolute atomic E-state index is 0.131. The van der Waals surface area contributed by atoms with Gasteiger partial charge in [0.2, 0.25) is 5.78 Å². The molecular weight excluding hydrogens is 502 g/mol. The van der Waals surface area contributed by atoms with E-state index in [0.717, 1.165) is 0 Å². The highest BCUT2D eigenvalue weighted by Crippen LogP contribution is 2.32. The largest absolute Gasteiger partial charge is 0.450 e. The zero-order chi connectivity index (χ0) is 26.4. The Kier molecular flexibility index (Phi) is 5.44. The van der Waals surface area contributed by atoms with Crippen LogP contribution in [0.5, 0.6) is 0 Å². The Balaban J connectivity index is 1.40. The van der Waals surface area contributed by atoms with Crippen molar-refractivity contribution >= 4 is 27.9 Å². The first-order valence-corrected chi connectivity index (χ1v) is 11.2. The minimum atomic E-state index is -4.92. The maximum atomic E-state index is 13.8. The van der Waals surface area contributed by atoms with Gasteiger partial charge in [-0.25, -0.2) is 14.4 Å². The number of H-pyrrole nitrogens is 2. The fourth-order valence-corrected chi connectivity index (χ4v) is 4.18. The highest BCUT2D eigenvalue weighted by Gasteiger charge is 2.37. The smallest absolute Gasteiger partial charge is 0.335 e. The third kappa shape index (κ3) is 4.25. The lowest BCUT2D eigenvalue weighted by Gasteiger charge is -2.07. The Morgan fingerprint density at radius 3 is 2.55 bits per heavy atom. The molecule has 8 nitrogen and oxygen atoms in total. The second kappa shape index (κ2) is 8.83. The number of imidazole rings is 1. The van der Waals surface area contributed by atoms with Gasteiger partial charge in [0, 0.05) is 47.9 Å². The number of rotatable bonds is 5. The van der Waals surface area contributed by atoms with Gasteiger partial charge in [-0.1, -0.05) is 12.1 Å². The first-order chi connectivity index (χ1) is 18.3. The molecule has 0 spiro atoms. The number of Topliss-reactive ketones (excluding diaryl/α,β-unsaturated/α-hetero) is 1. The van der Waals surface area contributed by atoms with Gasteiger partial charge in [-0.3, -0.25) is 19.9 Å². The quantitative estimate of drug-likeness (QED) is 0.295. The third-order valence-electron chi connectivity index (χ3n) is 5.99. The minimum Gasteiger partial charge on any atom is -0.335 e. The molecular formula is C26H15F4N7O. The number of carbonyl (C=O) groups excluding carboxylic acids is 1. The Morgan fingerprint density at radius 2 is 1.74 bits per heavy atom. The van der Waals surface area contributed by atoms with Crippen molar-refractivity contribution in [3.8, 4) is 33.8 Å². The lowest BCUT2D eigenvalue weighted by Crippen LogP contribution is -2.24. The van der Waals surface area contributed by atoms with Crippen LogP contribution in [-0.2, 0) is 11.2 Å². The monoisotopic (exact) mass is 517 g/mol. The number of benzene rings is 1. The molecule has 0 bridgehead atoms. The van der Waals surface area contributed by atoms with E-state index in [9.17, 15) is 22.4 Å². The van der Waals surface area contributed by atoms with Crippen LogP contribution in [0.2, 0.25) is 0 Å². The Hall–Kier alpha value is -5.00. The summed E-state index contributed by atoms with van der Waals surface area (Å²) >= 11 is 0. The van der Waals surface area contributed by atoms with Crippen molar-refractivity contribution in [2.24, 2.45) is 0 Å². The molecule has 6 aromatic rings.